The van der Waals surface area contributed by atoms with Gasteiger partial charge in [-0.3, -0.25) is 0 Å². The van der Waals surface area contributed by atoms with Gasteiger partial charge >= 0.3 is 0 Å². The molecule has 1 aromatic carbocycles. The van der Waals surface area contributed by atoms with Crippen LogP contribution in [0.5, 0.6) is 0 Å². The second-order valence-electron chi connectivity index (χ2n) is 3.40. The van der Waals surface area contributed by atoms with Gasteiger partial charge in [-0.15, -0.1) is 0 Å². The molecule has 0 bridgehead atoms. The summed E-state index contributed by atoms with van der Waals surface area (Å²) in [6.45, 7) is 0. The van der Waals surface area contributed by atoms with E-state index in [2.05, 4.69) is 25.9 Å². The average molecular weight is 285 g/mol. The minimum absolute atomic E-state index is 0.264. The molecule has 0 spiro atoms. The first-order valence-electron chi connectivity index (χ1n) is 4.78. The van der Waals surface area contributed by atoms with Crippen molar-refractivity contribution < 1.29 is 9.50 Å². The monoisotopic (exact) mass is 284 g/mol. The molecular formula is C11H10BrFN2O. The number of nitrogens with zero attached hydrogens (tertiary/aromatic N) is 1. The van der Waals surface area contributed by atoms with E-state index in [1.807, 2.05) is 0 Å². The zero-order chi connectivity index (χ0) is 11.5. The van der Waals surface area contributed by atoms with Gasteiger partial charge < -0.3 is 10.1 Å². The second kappa shape index (κ2) is 4.76. The van der Waals surface area contributed by atoms with Gasteiger partial charge in [0.15, 0.2) is 0 Å². The maximum atomic E-state index is 13.6. The molecule has 0 aliphatic rings. The zero-order valence-corrected chi connectivity index (χ0v) is 9.91. The fourth-order valence-corrected chi connectivity index (χ4v) is 1.86. The van der Waals surface area contributed by atoms with Crippen LogP contribution in [-0.4, -0.2) is 15.1 Å². The summed E-state index contributed by atoms with van der Waals surface area (Å²) in [6.07, 6.45) is 2.63. The Morgan fingerprint density at radius 1 is 1.50 bits per heavy atom. The molecule has 5 heteroatoms. The van der Waals surface area contributed by atoms with Gasteiger partial charge in [0.2, 0.25) is 0 Å². The molecular weight excluding hydrogens is 275 g/mol. The normalized spacial score (nSPS) is 12.7. The number of nitrogens with one attached hydrogen (secondary N) is 1. The number of benzene rings is 1. The van der Waals surface area contributed by atoms with E-state index in [4.69, 9.17) is 0 Å². The highest BCUT2D eigenvalue weighted by Crippen LogP contribution is 2.25. The molecule has 84 valence electrons. The Morgan fingerprint density at radius 2 is 2.31 bits per heavy atom. The molecule has 0 fully saturated rings. The standard InChI is InChI=1S/C11H10BrFN2O/c12-8-3-1-2-7(11(8)13)9(16)6-10-14-4-5-15-10/h1-5,9,16H,6H2,(H,14,15). The van der Waals surface area contributed by atoms with Crippen molar-refractivity contribution in [3.05, 3.63) is 52.3 Å². The summed E-state index contributed by atoms with van der Waals surface area (Å²) in [5.74, 6) is 0.202. The van der Waals surface area contributed by atoms with Crippen LogP contribution in [0.4, 0.5) is 4.39 Å². The third-order valence-corrected chi connectivity index (χ3v) is 2.89. The number of aromatic amines is 1. The lowest BCUT2D eigenvalue weighted by molar-refractivity contribution is 0.171. The third-order valence-electron chi connectivity index (χ3n) is 2.28. The van der Waals surface area contributed by atoms with Gasteiger partial charge in [-0.25, -0.2) is 9.37 Å². The topological polar surface area (TPSA) is 48.9 Å². The number of halogens is 2. The van der Waals surface area contributed by atoms with Crippen LogP contribution in [0.1, 0.15) is 17.5 Å². The Kier molecular flexibility index (Phi) is 3.36. The van der Waals surface area contributed by atoms with Gasteiger partial charge in [0.25, 0.3) is 0 Å². The van der Waals surface area contributed by atoms with E-state index in [9.17, 15) is 9.50 Å². The largest absolute Gasteiger partial charge is 0.388 e. The predicted octanol–water partition coefficient (Wildman–Crippen LogP) is 2.59. The van der Waals surface area contributed by atoms with Crippen molar-refractivity contribution in [3.8, 4) is 0 Å². The Morgan fingerprint density at radius 3 is 3.00 bits per heavy atom. The lowest BCUT2D eigenvalue weighted by Gasteiger charge is -2.11. The quantitative estimate of drug-likeness (QED) is 0.910. The van der Waals surface area contributed by atoms with E-state index >= 15 is 0 Å². The van der Waals surface area contributed by atoms with Crippen LogP contribution in [-0.2, 0) is 6.42 Å². The highest BCUT2D eigenvalue weighted by molar-refractivity contribution is 9.10. The summed E-state index contributed by atoms with van der Waals surface area (Å²) in [6, 6.07) is 4.85. The zero-order valence-electron chi connectivity index (χ0n) is 8.32. The van der Waals surface area contributed by atoms with Crippen molar-refractivity contribution in [1.29, 1.82) is 0 Å². The molecule has 2 rings (SSSR count). The third kappa shape index (κ3) is 2.31. The molecule has 16 heavy (non-hydrogen) atoms. The van der Waals surface area contributed by atoms with E-state index in [0.717, 1.165) is 0 Å². The Balaban J connectivity index is 2.21. The van der Waals surface area contributed by atoms with Crippen LogP contribution in [0.15, 0.2) is 35.1 Å². The number of hydrogen-bond donors (Lipinski definition) is 2. The molecule has 2 N–H and O–H groups in total. The molecule has 0 radical (unpaired) electrons. The number of aliphatic hydroxyl groups is 1. The highest BCUT2D eigenvalue weighted by atomic mass is 79.9. The Hall–Kier alpha value is -1.20. The number of imidazole rings is 1. The average Bonchev–Trinajstić information content (AvgIpc) is 2.74. The summed E-state index contributed by atoms with van der Waals surface area (Å²) in [5.41, 5.74) is 0.269. The van der Waals surface area contributed by atoms with Crippen molar-refractivity contribution in [2.45, 2.75) is 12.5 Å². The van der Waals surface area contributed by atoms with E-state index in [-0.39, 0.29) is 12.0 Å². The van der Waals surface area contributed by atoms with Crippen LogP contribution < -0.4 is 0 Å². The van der Waals surface area contributed by atoms with Crippen molar-refractivity contribution in [2.75, 3.05) is 0 Å². The molecule has 3 nitrogen and oxygen atoms in total. The fraction of sp³-hybridized carbons (Fsp3) is 0.182. The maximum absolute atomic E-state index is 13.6. The molecule has 0 amide bonds. The summed E-state index contributed by atoms with van der Waals surface area (Å²) < 4.78 is 14.0. The molecule has 1 aromatic heterocycles. The van der Waals surface area contributed by atoms with Crippen LogP contribution >= 0.6 is 15.9 Å². The minimum atomic E-state index is -0.899. The first-order chi connectivity index (χ1) is 7.68. The predicted molar refractivity (Wildman–Crippen MR) is 61.4 cm³/mol. The lowest BCUT2D eigenvalue weighted by Crippen LogP contribution is -2.05. The maximum Gasteiger partial charge on any atom is 0.143 e. The van der Waals surface area contributed by atoms with Crippen molar-refractivity contribution >= 4 is 15.9 Å². The fourth-order valence-electron chi connectivity index (χ4n) is 1.48. The van der Waals surface area contributed by atoms with E-state index in [1.165, 1.54) is 0 Å². The molecule has 0 aliphatic heterocycles. The van der Waals surface area contributed by atoms with Gasteiger partial charge in [0, 0.05) is 24.4 Å². The number of aliphatic hydroxyl groups excluding tert-OH is 1. The summed E-state index contributed by atoms with van der Waals surface area (Å²) in [4.78, 5) is 6.85. The summed E-state index contributed by atoms with van der Waals surface area (Å²) >= 11 is 3.08. The molecule has 1 unspecified atom stereocenters. The SMILES string of the molecule is OC(Cc1ncc[nH]1)c1cccc(Br)c1F. The minimum Gasteiger partial charge on any atom is -0.388 e. The highest BCUT2D eigenvalue weighted by Gasteiger charge is 2.15. The molecule has 2 aromatic rings. The lowest BCUT2D eigenvalue weighted by atomic mass is 10.1. The van der Waals surface area contributed by atoms with Crippen molar-refractivity contribution in [3.63, 3.8) is 0 Å². The smallest absolute Gasteiger partial charge is 0.143 e. The van der Waals surface area contributed by atoms with Gasteiger partial charge in [0.1, 0.15) is 11.6 Å². The Labute approximate surface area is 100 Å². The van der Waals surface area contributed by atoms with Crippen LogP contribution in [0.25, 0.3) is 0 Å². The Bertz CT molecular complexity index is 473. The first-order valence-corrected chi connectivity index (χ1v) is 5.58. The van der Waals surface area contributed by atoms with E-state index < -0.39 is 11.9 Å². The van der Waals surface area contributed by atoms with Gasteiger partial charge in [-0.05, 0) is 22.0 Å². The van der Waals surface area contributed by atoms with Gasteiger partial charge in [-0.1, -0.05) is 12.1 Å². The van der Waals surface area contributed by atoms with E-state index in [1.54, 1.807) is 30.6 Å². The second-order valence-corrected chi connectivity index (χ2v) is 4.25. The number of H-pyrrole nitrogens is 1. The van der Waals surface area contributed by atoms with Crippen molar-refractivity contribution in [2.24, 2.45) is 0 Å². The number of aromatic nitrogens is 2. The first kappa shape index (κ1) is 11.3. The van der Waals surface area contributed by atoms with Gasteiger partial charge in [0.05, 0.1) is 10.6 Å². The van der Waals surface area contributed by atoms with E-state index in [0.29, 0.717) is 10.3 Å². The van der Waals surface area contributed by atoms with Gasteiger partial charge in [-0.2, -0.15) is 0 Å². The molecule has 1 atom stereocenters. The van der Waals surface area contributed by atoms with Crippen LogP contribution in [0.3, 0.4) is 0 Å². The molecule has 0 saturated carbocycles. The molecule has 0 saturated heterocycles. The van der Waals surface area contributed by atoms with Crippen molar-refractivity contribution in [1.82, 2.24) is 9.97 Å². The summed E-state index contributed by atoms with van der Waals surface area (Å²) in [7, 11) is 0. The molecule has 0 aliphatic carbocycles. The van der Waals surface area contributed by atoms with Crippen LogP contribution in [0, 0.1) is 5.82 Å². The summed E-state index contributed by atoms with van der Waals surface area (Å²) in [5, 5.41) is 9.88. The number of hydrogen-bond acceptors (Lipinski definition) is 2. The number of rotatable bonds is 3. The molecule has 1 heterocycles. The van der Waals surface area contributed by atoms with Crippen LogP contribution in [0.2, 0.25) is 0 Å².